The Balaban J connectivity index is 1.96. The lowest BCUT2D eigenvalue weighted by molar-refractivity contribution is -0.147. The van der Waals surface area contributed by atoms with Crippen molar-refractivity contribution in [2.75, 3.05) is 27.2 Å². The summed E-state index contributed by atoms with van der Waals surface area (Å²) in [6, 6.07) is 7.25. The van der Waals surface area contributed by atoms with Crippen molar-refractivity contribution in [2.45, 2.75) is 45.6 Å². The van der Waals surface area contributed by atoms with Crippen LogP contribution in [0.15, 0.2) is 24.3 Å². The van der Waals surface area contributed by atoms with Gasteiger partial charge in [0.2, 0.25) is 5.91 Å². The van der Waals surface area contributed by atoms with Gasteiger partial charge in [-0.15, -0.1) is 0 Å². The maximum absolute atomic E-state index is 12.8. The van der Waals surface area contributed by atoms with Crippen LogP contribution >= 0.6 is 0 Å². The summed E-state index contributed by atoms with van der Waals surface area (Å²) >= 11 is 0. The Hall–Kier alpha value is -1.92. The van der Waals surface area contributed by atoms with Crippen molar-refractivity contribution in [3.8, 4) is 0 Å². The van der Waals surface area contributed by atoms with E-state index in [2.05, 4.69) is 5.32 Å². The van der Waals surface area contributed by atoms with E-state index in [-0.39, 0.29) is 30.1 Å². The van der Waals surface area contributed by atoms with E-state index in [0.717, 1.165) is 5.56 Å². The molecule has 1 N–H and O–H groups in total. The van der Waals surface area contributed by atoms with Gasteiger partial charge in [-0.25, -0.2) is 0 Å². The van der Waals surface area contributed by atoms with Crippen molar-refractivity contribution in [2.24, 2.45) is 0 Å². The number of likely N-dealkylation sites (N-methyl/N-ethyl adjacent to an activating group) is 1. The normalized spacial score (nSPS) is 21.9. The number of rotatable bonds is 5. The molecule has 1 saturated heterocycles. The molecule has 6 nitrogen and oxygen atoms in total. The topological polar surface area (TPSA) is 61.9 Å². The zero-order valence-corrected chi connectivity index (χ0v) is 15.8. The summed E-state index contributed by atoms with van der Waals surface area (Å²) in [4.78, 5) is 28.3. The molecule has 2 amide bonds. The molecule has 1 aliphatic heterocycles. The number of carbonyl (C=O) groups is 2. The van der Waals surface area contributed by atoms with Crippen LogP contribution in [-0.2, 0) is 16.1 Å². The Morgan fingerprint density at radius 2 is 1.80 bits per heavy atom. The van der Waals surface area contributed by atoms with Crippen LogP contribution in [0, 0.1) is 0 Å². The molecule has 3 atom stereocenters. The molecule has 0 bridgehead atoms. The predicted molar refractivity (Wildman–Crippen MR) is 97.4 cm³/mol. The zero-order valence-electron chi connectivity index (χ0n) is 15.8. The third-order valence-electron chi connectivity index (χ3n) is 4.62. The first-order valence-corrected chi connectivity index (χ1v) is 8.77. The fourth-order valence-corrected chi connectivity index (χ4v) is 3.14. The molecular formula is C19H29N3O3. The van der Waals surface area contributed by atoms with Crippen molar-refractivity contribution in [3.05, 3.63) is 35.4 Å². The monoisotopic (exact) mass is 347 g/mol. The molecular weight excluding hydrogens is 318 g/mol. The highest BCUT2D eigenvalue weighted by molar-refractivity contribution is 5.93. The van der Waals surface area contributed by atoms with Gasteiger partial charge in [-0.2, -0.15) is 0 Å². The summed E-state index contributed by atoms with van der Waals surface area (Å²) in [6.45, 7) is 7.86. The summed E-state index contributed by atoms with van der Waals surface area (Å²) in [7, 11) is 3.56. The van der Waals surface area contributed by atoms with E-state index in [1.54, 1.807) is 19.2 Å². The first-order chi connectivity index (χ1) is 11.8. The molecule has 1 aromatic rings. The lowest BCUT2D eigenvalue weighted by Crippen LogP contribution is -2.53. The molecule has 2 rings (SSSR count). The molecule has 0 radical (unpaired) electrons. The summed E-state index contributed by atoms with van der Waals surface area (Å²) in [5.41, 5.74) is 1.70. The summed E-state index contributed by atoms with van der Waals surface area (Å²) < 4.78 is 5.70. The molecule has 25 heavy (non-hydrogen) atoms. The quantitative estimate of drug-likeness (QED) is 0.877. The van der Waals surface area contributed by atoms with Crippen molar-refractivity contribution >= 4 is 11.8 Å². The van der Waals surface area contributed by atoms with Gasteiger partial charge in [0.25, 0.3) is 5.91 Å². The zero-order chi connectivity index (χ0) is 18.6. The lowest BCUT2D eigenvalue weighted by atomic mass is 10.1. The first kappa shape index (κ1) is 19.4. The van der Waals surface area contributed by atoms with Gasteiger partial charge in [0.05, 0.1) is 18.2 Å². The second kappa shape index (κ2) is 8.45. The van der Waals surface area contributed by atoms with Gasteiger partial charge in [0.15, 0.2) is 0 Å². The van der Waals surface area contributed by atoms with Crippen molar-refractivity contribution in [1.29, 1.82) is 0 Å². The van der Waals surface area contributed by atoms with Gasteiger partial charge >= 0.3 is 0 Å². The minimum atomic E-state index is -0.212. The minimum Gasteiger partial charge on any atom is -0.372 e. The number of benzene rings is 1. The second-order valence-electron chi connectivity index (χ2n) is 6.87. The summed E-state index contributed by atoms with van der Waals surface area (Å²) in [5.74, 6) is 0.0329. The molecule has 138 valence electrons. The number of hydrogen-bond donors (Lipinski definition) is 1. The summed E-state index contributed by atoms with van der Waals surface area (Å²) in [6.07, 6.45) is 0.143. The number of morpholine rings is 1. The maximum atomic E-state index is 12.8. The molecule has 0 unspecified atom stereocenters. The number of ether oxygens (including phenoxy) is 1. The van der Waals surface area contributed by atoms with Crippen LogP contribution in [0.4, 0.5) is 0 Å². The molecule has 6 heteroatoms. The van der Waals surface area contributed by atoms with Gasteiger partial charge in [0.1, 0.15) is 0 Å². The Morgan fingerprint density at radius 3 is 2.32 bits per heavy atom. The van der Waals surface area contributed by atoms with E-state index >= 15 is 0 Å². The van der Waals surface area contributed by atoms with E-state index in [4.69, 9.17) is 4.74 Å². The predicted octanol–water partition coefficient (Wildman–Crippen LogP) is 1.50. The van der Waals surface area contributed by atoms with Crippen LogP contribution in [0.2, 0.25) is 0 Å². The van der Waals surface area contributed by atoms with Crippen molar-refractivity contribution < 1.29 is 14.3 Å². The van der Waals surface area contributed by atoms with Crippen LogP contribution < -0.4 is 5.32 Å². The summed E-state index contributed by atoms with van der Waals surface area (Å²) in [5, 5.41) is 2.61. The molecule has 0 aliphatic carbocycles. The highest BCUT2D eigenvalue weighted by atomic mass is 16.5. The van der Waals surface area contributed by atoms with Gasteiger partial charge in [-0.1, -0.05) is 12.1 Å². The van der Waals surface area contributed by atoms with Crippen LogP contribution in [0.25, 0.3) is 0 Å². The number of nitrogens with one attached hydrogen (secondary N) is 1. The Morgan fingerprint density at radius 1 is 1.24 bits per heavy atom. The van der Waals surface area contributed by atoms with E-state index in [1.807, 2.05) is 49.8 Å². The maximum Gasteiger partial charge on any atom is 0.251 e. The van der Waals surface area contributed by atoms with Crippen molar-refractivity contribution in [1.82, 2.24) is 15.1 Å². The Labute approximate surface area is 150 Å². The SMILES string of the molecule is CNC(=O)c1ccc(CN(C)[C@H](C)C(=O)N2C[C@@H](C)O[C@@H](C)C2)cc1. The van der Waals surface area contributed by atoms with Crippen molar-refractivity contribution in [3.63, 3.8) is 0 Å². The molecule has 0 saturated carbocycles. The van der Waals surface area contributed by atoms with Crippen LogP contribution in [-0.4, -0.2) is 67.0 Å². The number of nitrogens with zero attached hydrogens (tertiary/aromatic N) is 2. The van der Waals surface area contributed by atoms with E-state index in [9.17, 15) is 9.59 Å². The van der Waals surface area contributed by atoms with E-state index in [1.165, 1.54) is 0 Å². The largest absolute Gasteiger partial charge is 0.372 e. The number of hydrogen-bond acceptors (Lipinski definition) is 4. The second-order valence-corrected chi connectivity index (χ2v) is 6.87. The standard InChI is InChI=1S/C19H29N3O3/c1-13-10-22(11-14(2)25-13)19(24)15(3)21(5)12-16-6-8-17(9-7-16)18(23)20-4/h6-9,13-15H,10-12H2,1-5H3,(H,20,23)/t13-,14+,15-/m1/s1. The third kappa shape index (κ3) is 5.03. The van der Waals surface area contributed by atoms with Crippen LogP contribution in [0.1, 0.15) is 36.7 Å². The van der Waals surface area contributed by atoms with E-state index in [0.29, 0.717) is 25.2 Å². The Bertz CT molecular complexity index is 592. The third-order valence-corrected chi connectivity index (χ3v) is 4.62. The first-order valence-electron chi connectivity index (χ1n) is 8.77. The lowest BCUT2D eigenvalue weighted by Gasteiger charge is -2.38. The number of amides is 2. The molecule has 1 aromatic carbocycles. The molecule has 0 spiro atoms. The van der Waals surface area contributed by atoms with Gasteiger partial charge in [0, 0.05) is 32.2 Å². The van der Waals surface area contributed by atoms with Crippen LogP contribution in [0.3, 0.4) is 0 Å². The highest BCUT2D eigenvalue weighted by Gasteiger charge is 2.30. The fraction of sp³-hybridized carbons (Fsp3) is 0.579. The van der Waals surface area contributed by atoms with Gasteiger partial charge < -0.3 is 15.0 Å². The van der Waals surface area contributed by atoms with E-state index < -0.39 is 0 Å². The molecule has 1 heterocycles. The Kier molecular flexibility index (Phi) is 6.56. The van der Waals surface area contributed by atoms with Crippen LogP contribution in [0.5, 0.6) is 0 Å². The average Bonchev–Trinajstić information content (AvgIpc) is 2.59. The highest BCUT2D eigenvalue weighted by Crippen LogP contribution is 2.15. The number of carbonyl (C=O) groups excluding carboxylic acids is 2. The fourth-order valence-electron chi connectivity index (χ4n) is 3.14. The molecule has 1 fully saturated rings. The average molecular weight is 347 g/mol. The minimum absolute atomic E-state index is 0.0717. The van der Waals surface area contributed by atoms with Gasteiger partial charge in [-0.3, -0.25) is 14.5 Å². The molecule has 0 aromatic heterocycles. The smallest absolute Gasteiger partial charge is 0.251 e. The molecule has 1 aliphatic rings. The van der Waals surface area contributed by atoms with Gasteiger partial charge in [-0.05, 0) is 45.5 Å².